The summed E-state index contributed by atoms with van der Waals surface area (Å²) in [4.78, 5) is 13.3. The van der Waals surface area contributed by atoms with E-state index in [1.807, 2.05) is 0 Å². The number of likely N-dealkylation sites (tertiary alicyclic amines) is 1. The van der Waals surface area contributed by atoms with Crippen molar-refractivity contribution in [3.63, 3.8) is 0 Å². The fourth-order valence-corrected chi connectivity index (χ4v) is 2.91. The third kappa shape index (κ3) is 2.15. The Morgan fingerprint density at radius 2 is 2.07 bits per heavy atom. The molecule has 2 N–H and O–H groups in total. The standard InChI is InChI=1S/C9H16N2O2S/c10-3-7-4-11(5-7)9(12)6-14(13)8-1-2-8/h7-8H,1-6,10H2. The van der Waals surface area contributed by atoms with Gasteiger partial charge in [0.05, 0.1) is 0 Å². The van der Waals surface area contributed by atoms with E-state index in [9.17, 15) is 9.00 Å². The van der Waals surface area contributed by atoms with E-state index < -0.39 is 10.8 Å². The van der Waals surface area contributed by atoms with Crippen molar-refractivity contribution in [3.8, 4) is 0 Å². The number of nitrogens with zero attached hydrogens (tertiary/aromatic N) is 1. The molecule has 0 aromatic heterocycles. The molecule has 2 aliphatic rings. The van der Waals surface area contributed by atoms with E-state index in [1.165, 1.54) is 0 Å². The highest BCUT2D eigenvalue weighted by molar-refractivity contribution is 7.86. The molecule has 80 valence electrons. The third-order valence-electron chi connectivity index (χ3n) is 2.81. The van der Waals surface area contributed by atoms with Gasteiger partial charge in [0.15, 0.2) is 0 Å². The minimum atomic E-state index is -0.915. The van der Waals surface area contributed by atoms with Crippen LogP contribution in [-0.2, 0) is 15.6 Å². The number of amides is 1. The summed E-state index contributed by atoms with van der Waals surface area (Å²) in [6.07, 6.45) is 2.07. The van der Waals surface area contributed by atoms with Crippen molar-refractivity contribution in [1.82, 2.24) is 4.90 Å². The Morgan fingerprint density at radius 3 is 2.57 bits per heavy atom. The molecule has 0 radical (unpaired) electrons. The summed E-state index contributed by atoms with van der Waals surface area (Å²) in [5.74, 6) is 0.732. The molecule has 1 saturated carbocycles. The molecule has 1 amide bonds. The molecule has 1 unspecified atom stereocenters. The zero-order valence-corrected chi connectivity index (χ0v) is 8.96. The van der Waals surface area contributed by atoms with Crippen LogP contribution in [0, 0.1) is 5.92 Å². The monoisotopic (exact) mass is 216 g/mol. The predicted octanol–water partition coefficient (Wildman–Crippen LogP) is -0.685. The molecule has 1 atom stereocenters. The lowest BCUT2D eigenvalue weighted by molar-refractivity contribution is -0.134. The van der Waals surface area contributed by atoms with Crippen LogP contribution in [0.2, 0.25) is 0 Å². The SMILES string of the molecule is NCC1CN(C(=O)CS(=O)C2CC2)C1. The van der Waals surface area contributed by atoms with Gasteiger partial charge in [-0.3, -0.25) is 9.00 Å². The maximum Gasteiger partial charge on any atom is 0.235 e. The highest BCUT2D eigenvalue weighted by Gasteiger charge is 2.34. The molecule has 0 spiro atoms. The summed E-state index contributed by atoms with van der Waals surface area (Å²) < 4.78 is 11.5. The molecule has 1 aliphatic heterocycles. The summed E-state index contributed by atoms with van der Waals surface area (Å²) in [7, 11) is -0.915. The van der Waals surface area contributed by atoms with Crippen LogP contribution in [0.5, 0.6) is 0 Å². The fourth-order valence-electron chi connectivity index (χ4n) is 1.58. The van der Waals surface area contributed by atoms with E-state index in [-0.39, 0.29) is 11.7 Å². The summed E-state index contributed by atoms with van der Waals surface area (Å²) in [6, 6.07) is 0. The number of hydrogen-bond donors (Lipinski definition) is 1. The Balaban J connectivity index is 1.71. The van der Waals surface area contributed by atoms with Gasteiger partial charge in [0.1, 0.15) is 5.75 Å². The van der Waals surface area contributed by atoms with Crippen LogP contribution >= 0.6 is 0 Å². The van der Waals surface area contributed by atoms with E-state index in [2.05, 4.69) is 0 Å². The number of hydrogen-bond acceptors (Lipinski definition) is 3. The van der Waals surface area contributed by atoms with E-state index in [0.717, 1.165) is 25.9 Å². The summed E-state index contributed by atoms with van der Waals surface area (Å²) in [6.45, 7) is 2.17. The minimum absolute atomic E-state index is 0.0416. The second-order valence-corrected chi connectivity index (χ2v) is 5.84. The normalized spacial score (nSPS) is 24.5. The van der Waals surface area contributed by atoms with Crippen molar-refractivity contribution >= 4 is 16.7 Å². The van der Waals surface area contributed by atoms with Crippen molar-refractivity contribution in [2.24, 2.45) is 11.7 Å². The van der Waals surface area contributed by atoms with Gasteiger partial charge in [-0.15, -0.1) is 0 Å². The Kier molecular flexibility index (Phi) is 2.88. The molecule has 1 heterocycles. The van der Waals surface area contributed by atoms with Crippen LogP contribution in [-0.4, -0.2) is 45.7 Å². The highest BCUT2D eigenvalue weighted by Crippen LogP contribution is 2.26. The topological polar surface area (TPSA) is 63.4 Å². The second-order valence-electron chi connectivity index (χ2n) is 4.12. The first-order chi connectivity index (χ1) is 6.70. The largest absolute Gasteiger partial charge is 0.341 e. The van der Waals surface area contributed by atoms with Gasteiger partial charge in [-0.1, -0.05) is 0 Å². The van der Waals surface area contributed by atoms with Gasteiger partial charge in [-0.05, 0) is 19.4 Å². The van der Waals surface area contributed by atoms with Gasteiger partial charge in [0.25, 0.3) is 0 Å². The quantitative estimate of drug-likeness (QED) is 0.677. The first-order valence-electron chi connectivity index (χ1n) is 5.05. The highest BCUT2D eigenvalue weighted by atomic mass is 32.2. The average molecular weight is 216 g/mol. The Hall–Kier alpha value is -0.420. The average Bonchev–Trinajstić information content (AvgIpc) is 2.83. The van der Waals surface area contributed by atoms with Gasteiger partial charge in [-0.25, -0.2) is 0 Å². The van der Waals surface area contributed by atoms with Crippen molar-refractivity contribution in [2.45, 2.75) is 18.1 Å². The van der Waals surface area contributed by atoms with Crippen LogP contribution in [0.25, 0.3) is 0 Å². The molecule has 0 aromatic carbocycles. The number of nitrogens with two attached hydrogens (primary N) is 1. The predicted molar refractivity (Wildman–Crippen MR) is 55.2 cm³/mol. The molecule has 14 heavy (non-hydrogen) atoms. The zero-order chi connectivity index (χ0) is 10.1. The van der Waals surface area contributed by atoms with Gasteiger partial charge in [0.2, 0.25) is 5.91 Å². The molecule has 2 fully saturated rings. The smallest absolute Gasteiger partial charge is 0.235 e. The fraction of sp³-hybridized carbons (Fsp3) is 0.889. The third-order valence-corrected chi connectivity index (χ3v) is 4.55. The van der Waals surface area contributed by atoms with E-state index in [4.69, 9.17) is 5.73 Å². The van der Waals surface area contributed by atoms with Gasteiger partial charge in [0, 0.05) is 35.1 Å². The van der Waals surface area contributed by atoms with Crippen molar-refractivity contribution in [2.75, 3.05) is 25.4 Å². The number of carbonyl (C=O) groups is 1. The molecule has 5 heteroatoms. The molecule has 0 aromatic rings. The molecular weight excluding hydrogens is 200 g/mol. The first-order valence-corrected chi connectivity index (χ1v) is 6.44. The Labute approximate surface area is 86.3 Å². The summed E-state index contributed by atoms with van der Waals surface area (Å²) in [5.41, 5.74) is 5.46. The molecule has 1 saturated heterocycles. The van der Waals surface area contributed by atoms with Gasteiger partial charge >= 0.3 is 0 Å². The summed E-state index contributed by atoms with van der Waals surface area (Å²) in [5, 5.41) is 0.311. The molecular formula is C9H16N2O2S. The molecule has 2 rings (SSSR count). The Bertz CT molecular complexity index is 260. The first kappa shape index (κ1) is 10.1. The van der Waals surface area contributed by atoms with Crippen LogP contribution in [0.4, 0.5) is 0 Å². The number of rotatable bonds is 4. The maximum absolute atomic E-state index is 11.5. The van der Waals surface area contributed by atoms with E-state index in [1.54, 1.807) is 4.90 Å². The summed E-state index contributed by atoms with van der Waals surface area (Å²) >= 11 is 0. The lowest BCUT2D eigenvalue weighted by atomic mass is 10.0. The Morgan fingerprint density at radius 1 is 1.43 bits per heavy atom. The molecule has 4 nitrogen and oxygen atoms in total. The van der Waals surface area contributed by atoms with Crippen molar-refractivity contribution in [3.05, 3.63) is 0 Å². The van der Waals surface area contributed by atoms with Crippen LogP contribution < -0.4 is 5.73 Å². The van der Waals surface area contributed by atoms with Crippen LogP contribution in [0.15, 0.2) is 0 Å². The van der Waals surface area contributed by atoms with Crippen LogP contribution in [0.1, 0.15) is 12.8 Å². The van der Waals surface area contributed by atoms with Gasteiger partial charge in [-0.2, -0.15) is 0 Å². The van der Waals surface area contributed by atoms with Crippen molar-refractivity contribution < 1.29 is 9.00 Å². The molecule has 1 aliphatic carbocycles. The maximum atomic E-state index is 11.5. The molecule has 0 bridgehead atoms. The second kappa shape index (κ2) is 3.98. The lowest BCUT2D eigenvalue weighted by Crippen LogP contribution is -2.53. The lowest BCUT2D eigenvalue weighted by Gasteiger charge is -2.38. The van der Waals surface area contributed by atoms with Crippen molar-refractivity contribution in [1.29, 1.82) is 0 Å². The zero-order valence-electron chi connectivity index (χ0n) is 8.15. The minimum Gasteiger partial charge on any atom is -0.341 e. The van der Waals surface area contributed by atoms with Crippen LogP contribution in [0.3, 0.4) is 0 Å². The number of carbonyl (C=O) groups excluding carboxylic acids is 1. The van der Waals surface area contributed by atoms with E-state index >= 15 is 0 Å². The van der Waals surface area contributed by atoms with E-state index in [0.29, 0.717) is 17.7 Å². The van der Waals surface area contributed by atoms with Gasteiger partial charge < -0.3 is 10.6 Å².